The number of rotatable bonds is 2. The molecule has 4 nitrogen and oxygen atoms in total. The molecule has 0 amide bonds. The first-order valence-electron chi connectivity index (χ1n) is 6.83. The van der Waals surface area contributed by atoms with Crippen LogP contribution in [0.2, 0.25) is 0 Å². The third-order valence-corrected chi connectivity index (χ3v) is 3.70. The van der Waals surface area contributed by atoms with Crippen LogP contribution in [0, 0.1) is 0 Å². The van der Waals surface area contributed by atoms with Gasteiger partial charge in [-0.1, -0.05) is 25.7 Å². The lowest BCUT2D eigenvalue weighted by atomic mass is 10.1. The Morgan fingerprint density at radius 3 is 2.72 bits per heavy atom. The molecule has 4 N–H and O–H groups in total. The van der Waals surface area contributed by atoms with Crippen LogP contribution in [-0.2, 0) is 0 Å². The first kappa shape index (κ1) is 11.4. The summed E-state index contributed by atoms with van der Waals surface area (Å²) >= 11 is 0. The van der Waals surface area contributed by atoms with Crippen molar-refractivity contribution in [2.45, 2.75) is 44.6 Å². The largest absolute Gasteiger partial charge is 0.399 e. The molecule has 0 radical (unpaired) electrons. The molecule has 1 saturated carbocycles. The Morgan fingerprint density at radius 2 is 1.94 bits per heavy atom. The number of anilines is 2. The topological polar surface area (TPSA) is 66.7 Å². The summed E-state index contributed by atoms with van der Waals surface area (Å²) in [6, 6.07) is 6.34. The minimum atomic E-state index is 0.561. The Balaban J connectivity index is 1.77. The molecule has 0 spiro atoms. The molecule has 2 aromatic rings. The van der Waals surface area contributed by atoms with Crippen LogP contribution in [0.25, 0.3) is 11.0 Å². The molecular formula is C14H20N4. The van der Waals surface area contributed by atoms with Gasteiger partial charge in [-0.3, -0.25) is 0 Å². The second-order valence-corrected chi connectivity index (χ2v) is 5.19. The van der Waals surface area contributed by atoms with E-state index in [-0.39, 0.29) is 0 Å². The van der Waals surface area contributed by atoms with Crippen molar-refractivity contribution in [3.63, 3.8) is 0 Å². The van der Waals surface area contributed by atoms with E-state index >= 15 is 0 Å². The number of H-pyrrole nitrogens is 1. The van der Waals surface area contributed by atoms with Gasteiger partial charge < -0.3 is 16.0 Å². The quantitative estimate of drug-likeness (QED) is 0.561. The first-order chi connectivity index (χ1) is 8.81. The molecule has 1 aromatic carbocycles. The molecule has 3 rings (SSSR count). The van der Waals surface area contributed by atoms with Crippen LogP contribution >= 0.6 is 0 Å². The Hall–Kier alpha value is -1.71. The van der Waals surface area contributed by atoms with Gasteiger partial charge in [0, 0.05) is 11.7 Å². The van der Waals surface area contributed by atoms with Crippen molar-refractivity contribution < 1.29 is 0 Å². The van der Waals surface area contributed by atoms with Gasteiger partial charge in [-0.25, -0.2) is 4.98 Å². The van der Waals surface area contributed by atoms with E-state index in [4.69, 9.17) is 5.73 Å². The molecule has 0 bridgehead atoms. The van der Waals surface area contributed by atoms with Crippen LogP contribution in [0.4, 0.5) is 11.6 Å². The summed E-state index contributed by atoms with van der Waals surface area (Å²) in [7, 11) is 0. The summed E-state index contributed by atoms with van der Waals surface area (Å²) < 4.78 is 0. The number of nitrogens with zero attached hydrogens (tertiary/aromatic N) is 1. The number of fused-ring (bicyclic) bond motifs is 1. The number of nitrogen functional groups attached to an aromatic ring is 1. The van der Waals surface area contributed by atoms with Crippen molar-refractivity contribution in [2.75, 3.05) is 11.1 Å². The molecule has 0 saturated heterocycles. The molecule has 1 aromatic heterocycles. The van der Waals surface area contributed by atoms with Gasteiger partial charge in [-0.15, -0.1) is 0 Å². The van der Waals surface area contributed by atoms with Crippen LogP contribution in [0.5, 0.6) is 0 Å². The Morgan fingerprint density at radius 1 is 1.17 bits per heavy atom. The van der Waals surface area contributed by atoms with E-state index in [1.807, 2.05) is 18.2 Å². The van der Waals surface area contributed by atoms with E-state index in [1.54, 1.807) is 0 Å². The van der Waals surface area contributed by atoms with Gasteiger partial charge in [0.2, 0.25) is 5.95 Å². The third kappa shape index (κ3) is 2.42. The number of nitrogens with two attached hydrogens (primary N) is 1. The SMILES string of the molecule is Nc1ccc2nc(NC3CCCCCC3)[nH]c2c1. The summed E-state index contributed by atoms with van der Waals surface area (Å²) in [6.07, 6.45) is 7.89. The molecule has 18 heavy (non-hydrogen) atoms. The van der Waals surface area contributed by atoms with Gasteiger partial charge in [0.05, 0.1) is 11.0 Å². The van der Waals surface area contributed by atoms with Gasteiger partial charge in [0.1, 0.15) is 0 Å². The smallest absolute Gasteiger partial charge is 0.201 e. The number of benzene rings is 1. The van der Waals surface area contributed by atoms with Gasteiger partial charge in [-0.2, -0.15) is 0 Å². The Bertz CT molecular complexity index is 524. The maximum absolute atomic E-state index is 5.77. The van der Waals surface area contributed by atoms with Crippen molar-refractivity contribution in [1.82, 2.24) is 9.97 Å². The van der Waals surface area contributed by atoms with Crippen LogP contribution in [0.1, 0.15) is 38.5 Å². The van der Waals surface area contributed by atoms with E-state index in [0.717, 1.165) is 22.7 Å². The summed E-state index contributed by atoms with van der Waals surface area (Å²) in [5.41, 5.74) is 8.52. The predicted molar refractivity (Wildman–Crippen MR) is 75.6 cm³/mol. The third-order valence-electron chi connectivity index (χ3n) is 3.70. The minimum Gasteiger partial charge on any atom is -0.399 e. The lowest BCUT2D eigenvalue weighted by Gasteiger charge is -2.14. The van der Waals surface area contributed by atoms with Crippen LogP contribution in [0.3, 0.4) is 0 Å². The maximum Gasteiger partial charge on any atom is 0.201 e. The fraction of sp³-hybridized carbons (Fsp3) is 0.500. The predicted octanol–water partition coefficient (Wildman–Crippen LogP) is 3.28. The van der Waals surface area contributed by atoms with Crippen molar-refractivity contribution in [1.29, 1.82) is 0 Å². The molecule has 0 aliphatic heterocycles. The molecule has 96 valence electrons. The number of hydrogen-bond donors (Lipinski definition) is 3. The van der Waals surface area contributed by atoms with Crippen LogP contribution in [0.15, 0.2) is 18.2 Å². The zero-order chi connectivity index (χ0) is 12.4. The van der Waals surface area contributed by atoms with E-state index in [9.17, 15) is 0 Å². The zero-order valence-corrected chi connectivity index (χ0v) is 10.6. The monoisotopic (exact) mass is 244 g/mol. The fourth-order valence-electron chi connectivity index (χ4n) is 2.71. The van der Waals surface area contributed by atoms with Crippen molar-refractivity contribution in [3.05, 3.63) is 18.2 Å². The van der Waals surface area contributed by atoms with E-state index in [1.165, 1.54) is 38.5 Å². The minimum absolute atomic E-state index is 0.561. The van der Waals surface area contributed by atoms with Crippen molar-refractivity contribution in [3.8, 4) is 0 Å². The number of aromatic amines is 1. The Kier molecular flexibility index (Phi) is 3.09. The molecular weight excluding hydrogens is 224 g/mol. The molecule has 1 aliphatic carbocycles. The molecule has 0 atom stereocenters. The molecule has 1 fully saturated rings. The highest BCUT2D eigenvalue weighted by atomic mass is 15.1. The summed E-state index contributed by atoms with van der Waals surface area (Å²) in [5, 5.41) is 3.52. The molecule has 1 aliphatic rings. The van der Waals surface area contributed by atoms with Crippen LogP contribution in [-0.4, -0.2) is 16.0 Å². The highest BCUT2D eigenvalue weighted by Gasteiger charge is 2.13. The van der Waals surface area contributed by atoms with Crippen LogP contribution < -0.4 is 11.1 Å². The number of imidazole rings is 1. The highest BCUT2D eigenvalue weighted by Crippen LogP contribution is 2.22. The van der Waals surface area contributed by atoms with Gasteiger partial charge in [0.15, 0.2) is 0 Å². The molecule has 4 heteroatoms. The van der Waals surface area contributed by atoms with E-state index in [2.05, 4.69) is 15.3 Å². The highest BCUT2D eigenvalue weighted by molar-refractivity contribution is 5.80. The standard InChI is InChI=1S/C14H20N4/c15-10-7-8-12-13(9-10)18-14(17-12)16-11-5-3-1-2-4-6-11/h7-9,11H,1-6,15H2,(H2,16,17,18). The zero-order valence-electron chi connectivity index (χ0n) is 10.6. The second-order valence-electron chi connectivity index (χ2n) is 5.19. The average molecular weight is 244 g/mol. The summed E-state index contributed by atoms with van der Waals surface area (Å²) in [4.78, 5) is 7.86. The summed E-state index contributed by atoms with van der Waals surface area (Å²) in [5.74, 6) is 0.877. The van der Waals surface area contributed by atoms with E-state index in [0.29, 0.717) is 6.04 Å². The lowest BCUT2D eigenvalue weighted by molar-refractivity contribution is 0.616. The average Bonchev–Trinajstić information content (AvgIpc) is 2.57. The fourth-order valence-corrected chi connectivity index (χ4v) is 2.71. The van der Waals surface area contributed by atoms with E-state index < -0.39 is 0 Å². The maximum atomic E-state index is 5.77. The summed E-state index contributed by atoms with van der Waals surface area (Å²) in [6.45, 7) is 0. The number of nitrogens with one attached hydrogen (secondary N) is 2. The van der Waals surface area contributed by atoms with Crippen molar-refractivity contribution in [2.24, 2.45) is 0 Å². The van der Waals surface area contributed by atoms with Gasteiger partial charge >= 0.3 is 0 Å². The van der Waals surface area contributed by atoms with Gasteiger partial charge in [0.25, 0.3) is 0 Å². The van der Waals surface area contributed by atoms with Gasteiger partial charge in [-0.05, 0) is 31.0 Å². The second kappa shape index (κ2) is 4.88. The normalized spacial score (nSPS) is 17.8. The number of aromatic nitrogens is 2. The van der Waals surface area contributed by atoms with Crippen molar-refractivity contribution >= 4 is 22.7 Å². The first-order valence-corrected chi connectivity index (χ1v) is 6.83. The molecule has 0 unspecified atom stereocenters. The molecule has 1 heterocycles. The lowest BCUT2D eigenvalue weighted by Crippen LogP contribution is -2.18. The number of hydrogen-bond acceptors (Lipinski definition) is 3. The Labute approximate surface area is 107 Å².